The summed E-state index contributed by atoms with van der Waals surface area (Å²) in [7, 11) is 0. The molecule has 2 N–H and O–H groups in total. The minimum absolute atomic E-state index is 0.194. The fourth-order valence-corrected chi connectivity index (χ4v) is 3.21. The van der Waals surface area contributed by atoms with Crippen molar-refractivity contribution in [3.8, 4) is 0 Å². The zero-order chi connectivity index (χ0) is 11.8. The van der Waals surface area contributed by atoms with Crippen LogP contribution >= 0.6 is 24.8 Å². The van der Waals surface area contributed by atoms with E-state index in [0.29, 0.717) is 0 Å². The average molecular weight is 259 g/mol. The highest BCUT2D eigenvalue weighted by Crippen LogP contribution is 2.37. The third-order valence-electron chi connectivity index (χ3n) is 3.97. The van der Waals surface area contributed by atoms with Crippen molar-refractivity contribution in [2.75, 3.05) is 0 Å². The molecule has 2 rings (SSSR count). The van der Waals surface area contributed by atoms with E-state index in [1.54, 1.807) is 25.7 Å². The molecule has 0 aromatic heterocycles. The van der Waals surface area contributed by atoms with Gasteiger partial charge >= 0.3 is 0 Å². The zero-order valence-electron chi connectivity index (χ0n) is 10.2. The second-order valence-electron chi connectivity index (χ2n) is 5.13. The van der Waals surface area contributed by atoms with Gasteiger partial charge in [-0.15, -0.1) is 12.6 Å². The van der Waals surface area contributed by atoms with E-state index in [2.05, 4.69) is 24.8 Å². The number of hydrogen-bond acceptors (Lipinski definition) is 1. The Balaban J connectivity index is 0.000000280. The molecule has 1 nitrogen and oxygen atoms in total. The predicted molar refractivity (Wildman–Crippen MR) is 78.9 cm³/mol. The van der Waals surface area contributed by atoms with Crippen LogP contribution in [0.4, 0.5) is 0 Å². The van der Waals surface area contributed by atoms with Gasteiger partial charge in [0.15, 0.2) is 0 Å². The third kappa shape index (κ3) is 6.09. The summed E-state index contributed by atoms with van der Waals surface area (Å²) in [5, 5.41) is 0. The van der Waals surface area contributed by atoms with Gasteiger partial charge < -0.3 is 5.73 Å². The molecule has 2 aliphatic carbocycles. The van der Waals surface area contributed by atoms with E-state index in [1.807, 2.05) is 0 Å². The molecule has 0 aliphatic heterocycles. The molecule has 16 heavy (non-hydrogen) atoms. The van der Waals surface area contributed by atoms with Gasteiger partial charge in [-0.3, -0.25) is 0 Å². The maximum absolute atomic E-state index is 4.71. The van der Waals surface area contributed by atoms with Crippen molar-refractivity contribution in [3.63, 3.8) is 0 Å². The Hall–Kier alpha value is 0.240. The normalized spacial score (nSPS) is 23.3. The van der Waals surface area contributed by atoms with Crippen LogP contribution in [0, 0.1) is 11.8 Å². The van der Waals surface area contributed by atoms with Crippen molar-refractivity contribution in [2.24, 2.45) is 17.6 Å². The molecule has 0 saturated heterocycles. The minimum atomic E-state index is 0.194. The van der Waals surface area contributed by atoms with Gasteiger partial charge in [-0.05, 0) is 11.8 Å². The van der Waals surface area contributed by atoms with Crippen LogP contribution in [-0.4, -0.2) is 4.32 Å². The Morgan fingerprint density at radius 2 is 1.06 bits per heavy atom. The van der Waals surface area contributed by atoms with E-state index in [-0.39, 0.29) is 4.32 Å². The Morgan fingerprint density at radius 3 is 1.31 bits per heavy atom. The number of rotatable bonds is 1. The van der Waals surface area contributed by atoms with Gasteiger partial charge in [0.1, 0.15) is 4.32 Å². The van der Waals surface area contributed by atoms with Crippen molar-refractivity contribution in [1.82, 2.24) is 0 Å². The van der Waals surface area contributed by atoms with Crippen molar-refractivity contribution < 1.29 is 0 Å². The molecule has 0 spiro atoms. The van der Waals surface area contributed by atoms with Crippen LogP contribution in [0.2, 0.25) is 0 Å². The van der Waals surface area contributed by atoms with Crippen LogP contribution in [0.25, 0.3) is 0 Å². The fourth-order valence-electron chi connectivity index (χ4n) is 3.21. The summed E-state index contributed by atoms with van der Waals surface area (Å²) in [5.41, 5.74) is 4.71. The van der Waals surface area contributed by atoms with E-state index < -0.39 is 0 Å². The van der Waals surface area contributed by atoms with E-state index in [0.717, 1.165) is 11.8 Å². The summed E-state index contributed by atoms with van der Waals surface area (Å²) in [6, 6.07) is 0. The van der Waals surface area contributed by atoms with Gasteiger partial charge in [-0.1, -0.05) is 76.4 Å². The van der Waals surface area contributed by atoms with Gasteiger partial charge in [0.2, 0.25) is 0 Å². The minimum Gasteiger partial charge on any atom is -0.385 e. The molecule has 0 heterocycles. The van der Waals surface area contributed by atoms with E-state index in [9.17, 15) is 0 Å². The molecule has 0 bridgehead atoms. The summed E-state index contributed by atoms with van der Waals surface area (Å²) in [6.07, 6.45) is 15.4. The third-order valence-corrected chi connectivity index (χ3v) is 3.97. The lowest BCUT2D eigenvalue weighted by atomic mass is 9.73. The van der Waals surface area contributed by atoms with Crippen molar-refractivity contribution in [2.45, 2.75) is 64.2 Å². The molecule has 0 aromatic carbocycles. The van der Waals surface area contributed by atoms with Gasteiger partial charge in [0.25, 0.3) is 0 Å². The Labute approximate surface area is 111 Å². The number of thiol groups is 1. The molecule has 0 unspecified atom stereocenters. The van der Waals surface area contributed by atoms with Gasteiger partial charge in [-0.2, -0.15) is 0 Å². The van der Waals surface area contributed by atoms with Crippen LogP contribution in [0.1, 0.15) is 64.2 Å². The number of thiocarbonyl (C=S) groups is 1. The summed E-state index contributed by atoms with van der Waals surface area (Å²) in [6.45, 7) is 0. The van der Waals surface area contributed by atoms with Gasteiger partial charge in [0, 0.05) is 0 Å². The standard InChI is InChI=1S/C12H22.CH3NS2/c1-3-7-11(8-4-1)12-9-5-2-6-10-12;2-1(3)4/h11-12H,1-10H2;(H3,2,3,4). The molecule has 0 atom stereocenters. The summed E-state index contributed by atoms with van der Waals surface area (Å²) in [5.74, 6) is 2.28. The first-order valence-corrected chi connectivity index (χ1v) is 7.54. The largest absolute Gasteiger partial charge is 0.385 e. The molecule has 0 radical (unpaired) electrons. The first-order chi connectivity index (χ1) is 7.70. The number of hydrogen-bond donors (Lipinski definition) is 2. The molecule has 94 valence electrons. The number of nitrogens with two attached hydrogens (primary N) is 1. The smallest absolute Gasteiger partial charge is 0.128 e. The van der Waals surface area contributed by atoms with Crippen molar-refractivity contribution in [1.29, 1.82) is 0 Å². The Bertz CT molecular complexity index is 174. The zero-order valence-corrected chi connectivity index (χ0v) is 11.9. The van der Waals surface area contributed by atoms with Crippen molar-refractivity contribution >= 4 is 29.2 Å². The second-order valence-corrected chi connectivity index (χ2v) is 6.36. The molecule has 0 amide bonds. The fraction of sp³-hybridized carbons (Fsp3) is 0.923. The SMILES string of the molecule is C1CCC(C2CCCCC2)CC1.NC(=S)S. The highest BCUT2D eigenvalue weighted by Gasteiger charge is 2.24. The first-order valence-electron chi connectivity index (χ1n) is 6.68. The summed E-state index contributed by atoms with van der Waals surface area (Å²) in [4.78, 5) is 0. The van der Waals surface area contributed by atoms with Gasteiger partial charge in [0.05, 0.1) is 0 Å². The molecule has 0 aromatic rings. The van der Waals surface area contributed by atoms with E-state index >= 15 is 0 Å². The van der Waals surface area contributed by atoms with Crippen LogP contribution in [0.3, 0.4) is 0 Å². The highest BCUT2D eigenvalue weighted by atomic mass is 32.1. The molecular formula is C13H25NS2. The Morgan fingerprint density at radius 1 is 0.812 bits per heavy atom. The second kappa shape index (κ2) is 8.35. The maximum atomic E-state index is 4.71. The van der Waals surface area contributed by atoms with Crippen LogP contribution < -0.4 is 5.73 Å². The van der Waals surface area contributed by atoms with Crippen molar-refractivity contribution in [3.05, 3.63) is 0 Å². The van der Waals surface area contributed by atoms with Crippen LogP contribution in [-0.2, 0) is 0 Å². The maximum Gasteiger partial charge on any atom is 0.128 e. The highest BCUT2D eigenvalue weighted by molar-refractivity contribution is 8.10. The van der Waals surface area contributed by atoms with E-state index in [4.69, 9.17) is 5.73 Å². The molecular weight excluding hydrogens is 234 g/mol. The predicted octanol–water partition coefficient (Wildman–Crippen LogP) is 4.31. The quantitative estimate of drug-likeness (QED) is 0.542. The molecule has 2 aliphatic rings. The summed E-state index contributed by atoms with van der Waals surface area (Å²) < 4.78 is 0.194. The first kappa shape index (κ1) is 14.3. The molecule has 2 saturated carbocycles. The lowest BCUT2D eigenvalue weighted by molar-refractivity contribution is 0.196. The Kier molecular flexibility index (Phi) is 7.46. The van der Waals surface area contributed by atoms with Crippen LogP contribution in [0.15, 0.2) is 0 Å². The topological polar surface area (TPSA) is 26.0 Å². The molecule has 2 fully saturated rings. The van der Waals surface area contributed by atoms with E-state index in [1.165, 1.54) is 38.5 Å². The van der Waals surface area contributed by atoms with Gasteiger partial charge in [-0.25, -0.2) is 0 Å². The molecule has 3 heteroatoms. The average Bonchev–Trinajstić information content (AvgIpc) is 2.31. The monoisotopic (exact) mass is 259 g/mol. The van der Waals surface area contributed by atoms with Crippen LogP contribution in [0.5, 0.6) is 0 Å². The lowest BCUT2D eigenvalue weighted by Crippen LogP contribution is -2.20. The lowest BCUT2D eigenvalue weighted by Gasteiger charge is -2.32. The summed E-state index contributed by atoms with van der Waals surface area (Å²) >= 11 is 7.65.